The highest BCUT2D eigenvalue weighted by atomic mass is 19.1. The van der Waals surface area contributed by atoms with Gasteiger partial charge in [-0.15, -0.1) is 0 Å². The molecule has 4 rings (SSSR count). The average molecular weight is 457 g/mol. The van der Waals surface area contributed by atoms with Crippen molar-refractivity contribution in [2.45, 2.75) is 31.3 Å². The van der Waals surface area contributed by atoms with Gasteiger partial charge < -0.3 is 19.5 Å². The van der Waals surface area contributed by atoms with E-state index in [1.165, 1.54) is 12.1 Å². The van der Waals surface area contributed by atoms with Gasteiger partial charge in [0.2, 0.25) is 0 Å². The van der Waals surface area contributed by atoms with E-state index >= 15 is 0 Å². The summed E-state index contributed by atoms with van der Waals surface area (Å²) < 4.78 is 30.5. The minimum atomic E-state index is -0.822. The molecule has 2 heterocycles. The number of methoxy groups -OCH3 is 1. The van der Waals surface area contributed by atoms with Crippen LogP contribution in [-0.2, 0) is 20.7 Å². The Balaban J connectivity index is 1.37. The zero-order chi connectivity index (χ0) is 23.1. The van der Waals surface area contributed by atoms with Crippen molar-refractivity contribution < 1.29 is 23.4 Å². The van der Waals surface area contributed by atoms with E-state index in [-0.39, 0.29) is 11.7 Å². The topological polar surface area (TPSA) is 60.0 Å². The van der Waals surface area contributed by atoms with Crippen molar-refractivity contribution >= 4 is 5.91 Å². The lowest BCUT2D eigenvalue weighted by atomic mass is 9.89. The molecule has 1 N–H and O–H groups in total. The van der Waals surface area contributed by atoms with Gasteiger partial charge in [0.05, 0.1) is 20.3 Å². The van der Waals surface area contributed by atoms with Gasteiger partial charge in [-0.25, -0.2) is 4.39 Å². The summed E-state index contributed by atoms with van der Waals surface area (Å²) in [6, 6.07) is 12.3. The van der Waals surface area contributed by atoms with Crippen molar-refractivity contribution in [1.82, 2.24) is 10.2 Å². The molecule has 33 heavy (non-hydrogen) atoms. The van der Waals surface area contributed by atoms with Crippen LogP contribution in [0.5, 0.6) is 5.75 Å². The van der Waals surface area contributed by atoms with Crippen LogP contribution >= 0.6 is 0 Å². The number of hydrogen-bond acceptors (Lipinski definition) is 5. The number of rotatable bonds is 9. The molecule has 7 heteroatoms. The van der Waals surface area contributed by atoms with Gasteiger partial charge in [0, 0.05) is 38.2 Å². The summed E-state index contributed by atoms with van der Waals surface area (Å²) >= 11 is 0. The van der Waals surface area contributed by atoms with Crippen molar-refractivity contribution in [3.05, 3.63) is 53.8 Å². The second kappa shape index (κ2) is 11.1. The van der Waals surface area contributed by atoms with Crippen molar-refractivity contribution in [2.75, 3.05) is 53.1 Å². The highest BCUT2D eigenvalue weighted by Crippen LogP contribution is 2.33. The molecule has 2 aromatic rings. The van der Waals surface area contributed by atoms with Crippen molar-refractivity contribution in [3.63, 3.8) is 0 Å². The number of nitrogens with zero attached hydrogens (tertiary/aromatic N) is 1. The maximum Gasteiger partial charge on any atom is 0.252 e. The first-order chi connectivity index (χ1) is 16.1. The minimum absolute atomic E-state index is 0.0298. The van der Waals surface area contributed by atoms with Crippen LogP contribution in [0.15, 0.2) is 42.5 Å². The first-order valence-corrected chi connectivity index (χ1v) is 11.7. The minimum Gasteiger partial charge on any atom is -0.496 e. The van der Waals surface area contributed by atoms with Crippen LogP contribution in [0.4, 0.5) is 4.39 Å². The predicted molar refractivity (Wildman–Crippen MR) is 125 cm³/mol. The monoisotopic (exact) mass is 456 g/mol. The van der Waals surface area contributed by atoms with E-state index in [0.717, 1.165) is 56.8 Å². The summed E-state index contributed by atoms with van der Waals surface area (Å²) in [7, 11) is 1.58. The molecule has 0 radical (unpaired) electrons. The third kappa shape index (κ3) is 5.91. The summed E-state index contributed by atoms with van der Waals surface area (Å²) in [4.78, 5) is 15.5. The third-order valence-corrected chi connectivity index (χ3v) is 6.47. The molecule has 0 saturated carbocycles. The van der Waals surface area contributed by atoms with E-state index < -0.39 is 5.60 Å². The highest BCUT2D eigenvalue weighted by Gasteiger charge is 2.42. The lowest BCUT2D eigenvalue weighted by Gasteiger charge is -2.28. The average Bonchev–Trinajstić information content (AvgIpc) is 3.32. The van der Waals surface area contributed by atoms with Gasteiger partial charge in [-0.3, -0.25) is 9.69 Å². The lowest BCUT2D eigenvalue weighted by Crippen LogP contribution is -2.48. The molecule has 0 aromatic heterocycles. The molecule has 0 bridgehead atoms. The molecule has 2 fully saturated rings. The molecule has 2 aliphatic heterocycles. The molecular weight excluding hydrogens is 423 g/mol. The first-order valence-electron chi connectivity index (χ1n) is 11.7. The molecule has 178 valence electrons. The highest BCUT2D eigenvalue weighted by molar-refractivity contribution is 5.86. The van der Waals surface area contributed by atoms with E-state index in [1.807, 2.05) is 24.3 Å². The van der Waals surface area contributed by atoms with E-state index in [0.29, 0.717) is 37.3 Å². The Morgan fingerprint density at radius 3 is 2.64 bits per heavy atom. The molecule has 2 aliphatic rings. The van der Waals surface area contributed by atoms with Crippen LogP contribution in [-0.4, -0.2) is 69.5 Å². The Morgan fingerprint density at radius 2 is 1.94 bits per heavy atom. The summed E-state index contributed by atoms with van der Waals surface area (Å²) in [5.74, 6) is 0.285. The number of ether oxygens (including phenoxy) is 3. The molecule has 0 aliphatic carbocycles. The Labute approximate surface area is 195 Å². The van der Waals surface area contributed by atoms with Gasteiger partial charge in [0.1, 0.15) is 11.6 Å². The SMILES string of the molecule is COc1ccc(F)cc1-c1ccc(C[C@]2(C(=O)NCCCN3CCOCC3)CCCO2)cc1. The summed E-state index contributed by atoms with van der Waals surface area (Å²) in [6.07, 6.45) is 3.01. The number of morpholine rings is 1. The van der Waals surface area contributed by atoms with E-state index in [1.54, 1.807) is 13.2 Å². The smallest absolute Gasteiger partial charge is 0.252 e. The van der Waals surface area contributed by atoms with Crippen molar-refractivity contribution in [1.29, 1.82) is 0 Å². The van der Waals surface area contributed by atoms with Crippen LogP contribution in [0.3, 0.4) is 0 Å². The predicted octanol–water partition coefficient (Wildman–Crippen LogP) is 3.43. The van der Waals surface area contributed by atoms with Gasteiger partial charge in [0.25, 0.3) is 5.91 Å². The van der Waals surface area contributed by atoms with Crippen molar-refractivity contribution in [2.24, 2.45) is 0 Å². The Kier molecular flexibility index (Phi) is 7.96. The fourth-order valence-electron chi connectivity index (χ4n) is 4.62. The van der Waals surface area contributed by atoms with Gasteiger partial charge in [-0.1, -0.05) is 24.3 Å². The van der Waals surface area contributed by atoms with Crippen molar-refractivity contribution in [3.8, 4) is 16.9 Å². The number of amides is 1. The fraction of sp³-hybridized carbons (Fsp3) is 0.500. The fourth-order valence-corrected chi connectivity index (χ4v) is 4.62. The summed E-state index contributed by atoms with van der Waals surface area (Å²) in [5.41, 5.74) is 1.76. The van der Waals surface area contributed by atoms with Crippen LogP contribution in [0.25, 0.3) is 11.1 Å². The molecule has 0 unspecified atom stereocenters. The molecule has 2 saturated heterocycles. The maximum absolute atomic E-state index is 13.8. The largest absolute Gasteiger partial charge is 0.496 e. The van der Waals surface area contributed by atoms with E-state index in [9.17, 15) is 9.18 Å². The summed E-state index contributed by atoms with van der Waals surface area (Å²) in [6.45, 7) is 5.68. The molecule has 0 spiro atoms. The molecule has 1 atom stereocenters. The van der Waals surface area contributed by atoms with E-state index in [4.69, 9.17) is 14.2 Å². The quantitative estimate of drug-likeness (QED) is 0.586. The normalized spacial score (nSPS) is 21.2. The number of carbonyl (C=O) groups excluding carboxylic acids is 1. The number of halogens is 1. The summed E-state index contributed by atoms with van der Waals surface area (Å²) in [5, 5.41) is 3.10. The second-order valence-electron chi connectivity index (χ2n) is 8.73. The zero-order valence-electron chi connectivity index (χ0n) is 19.3. The Bertz CT molecular complexity index is 922. The Morgan fingerprint density at radius 1 is 1.15 bits per heavy atom. The molecule has 2 aromatic carbocycles. The van der Waals surface area contributed by atoms with Gasteiger partial charge >= 0.3 is 0 Å². The van der Waals surface area contributed by atoms with Crippen LogP contribution in [0.2, 0.25) is 0 Å². The second-order valence-corrected chi connectivity index (χ2v) is 8.73. The van der Waals surface area contributed by atoms with Gasteiger partial charge in [0.15, 0.2) is 5.60 Å². The van der Waals surface area contributed by atoms with Gasteiger partial charge in [-0.05, 0) is 55.1 Å². The van der Waals surface area contributed by atoms with Crippen LogP contribution in [0.1, 0.15) is 24.8 Å². The Hall–Kier alpha value is -2.48. The zero-order valence-corrected chi connectivity index (χ0v) is 19.3. The number of benzene rings is 2. The number of nitrogens with one attached hydrogen (secondary N) is 1. The lowest BCUT2D eigenvalue weighted by molar-refractivity contribution is -0.141. The first kappa shape index (κ1) is 23.7. The number of hydrogen-bond donors (Lipinski definition) is 1. The molecule has 6 nitrogen and oxygen atoms in total. The van der Waals surface area contributed by atoms with E-state index in [2.05, 4.69) is 10.2 Å². The standard InChI is InChI=1S/C26H33FN2O4/c1-31-24-9-8-22(27)18-23(24)21-6-4-20(5-7-21)19-26(10-2-15-33-26)25(30)28-11-3-12-29-13-16-32-17-14-29/h4-9,18H,2-3,10-17,19H2,1H3,(H,28,30)/t26-/m0/s1. The molecule has 1 amide bonds. The number of carbonyl (C=O) groups is 1. The molecular formula is C26H33FN2O4. The van der Waals surface area contributed by atoms with Crippen LogP contribution < -0.4 is 10.1 Å². The third-order valence-electron chi connectivity index (χ3n) is 6.47. The van der Waals surface area contributed by atoms with Crippen LogP contribution in [0, 0.1) is 5.82 Å². The van der Waals surface area contributed by atoms with Gasteiger partial charge in [-0.2, -0.15) is 0 Å². The maximum atomic E-state index is 13.8.